The Morgan fingerprint density at radius 2 is 1.16 bits per heavy atom. The average Bonchev–Trinajstić information content (AvgIpc) is 3.84. The lowest BCUT2D eigenvalue weighted by molar-refractivity contribution is 0.429. The minimum absolute atomic E-state index is 0.0681. The molecule has 0 amide bonds. The summed E-state index contributed by atoms with van der Waals surface area (Å²) in [5, 5.41) is 5.99. The Hall–Kier alpha value is -5.48. The molecule has 62 heavy (non-hydrogen) atoms. The molecule has 0 radical (unpaired) electrons. The highest BCUT2D eigenvalue weighted by Gasteiger charge is 2.35. The van der Waals surface area contributed by atoms with E-state index in [0.29, 0.717) is 12.1 Å². The van der Waals surface area contributed by atoms with Crippen molar-refractivity contribution in [3.8, 4) is 0 Å². The van der Waals surface area contributed by atoms with Gasteiger partial charge >= 0.3 is 0 Å². The van der Waals surface area contributed by atoms with Gasteiger partial charge in [0.1, 0.15) is 17.0 Å². The largest absolute Gasteiger partial charge is 0.458 e. The SMILES string of the molecule is CC(C)(C)c1ccc(N(C2=CC3Cc4oc5c(N(c6ccc(C(C)(C)C)cc6)C6CCCCC6)c6oc7ccc8ccccc8c7c6cc5c4C=C3C=C2)C2CCCCC2)cc1. The molecule has 0 bridgehead atoms. The molecule has 2 fully saturated rings. The van der Waals surface area contributed by atoms with Gasteiger partial charge in [-0.05, 0) is 113 Å². The monoisotopic (exact) mass is 818 g/mol. The van der Waals surface area contributed by atoms with Gasteiger partial charge in [0.05, 0.1) is 0 Å². The molecule has 5 aromatic carbocycles. The Balaban J connectivity index is 1.08. The van der Waals surface area contributed by atoms with E-state index in [0.717, 1.165) is 52.8 Å². The van der Waals surface area contributed by atoms with Crippen molar-refractivity contribution in [1.82, 2.24) is 0 Å². The third-order valence-corrected chi connectivity index (χ3v) is 14.8. The number of furan rings is 2. The van der Waals surface area contributed by atoms with E-state index < -0.39 is 0 Å². The van der Waals surface area contributed by atoms with Crippen LogP contribution in [0.15, 0.2) is 129 Å². The summed E-state index contributed by atoms with van der Waals surface area (Å²) in [6, 6.07) is 35.2. The molecular formula is C58H62N2O2. The Morgan fingerprint density at radius 1 is 0.565 bits per heavy atom. The number of nitrogens with zero attached hydrogens (tertiary/aromatic N) is 2. The topological polar surface area (TPSA) is 32.8 Å². The smallest absolute Gasteiger partial charge is 0.162 e. The number of benzene rings is 5. The number of hydrogen-bond acceptors (Lipinski definition) is 4. The summed E-state index contributed by atoms with van der Waals surface area (Å²) < 4.78 is 14.5. The Labute approximate surface area is 368 Å². The average molecular weight is 819 g/mol. The fourth-order valence-corrected chi connectivity index (χ4v) is 11.3. The molecule has 2 heterocycles. The Bertz CT molecular complexity index is 2910. The summed E-state index contributed by atoms with van der Waals surface area (Å²) in [5.74, 6) is 1.31. The molecule has 316 valence electrons. The molecule has 0 N–H and O–H groups in total. The number of fused-ring (bicyclic) bond motifs is 9. The fourth-order valence-electron chi connectivity index (χ4n) is 11.3. The van der Waals surface area contributed by atoms with Crippen molar-refractivity contribution in [3.05, 3.63) is 143 Å². The van der Waals surface area contributed by atoms with Crippen LogP contribution >= 0.6 is 0 Å². The fraction of sp³-hybridized carbons (Fsp3) is 0.379. The van der Waals surface area contributed by atoms with Gasteiger partial charge in [-0.1, -0.05) is 147 Å². The summed E-state index contributed by atoms with van der Waals surface area (Å²) in [7, 11) is 0. The second kappa shape index (κ2) is 15.1. The molecule has 1 atom stereocenters. The lowest BCUT2D eigenvalue weighted by Crippen LogP contribution is -2.36. The number of hydrogen-bond donors (Lipinski definition) is 0. The van der Waals surface area contributed by atoms with Crippen LogP contribution in [-0.2, 0) is 17.3 Å². The molecule has 4 aliphatic carbocycles. The first-order chi connectivity index (χ1) is 30.0. The highest BCUT2D eigenvalue weighted by atomic mass is 16.3. The van der Waals surface area contributed by atoms with E-state index in [9.17, 15) is 0 Å². The van der Waals surface area contributed by atoms with Crippen LogP contribution in [0.4, 0.5) is 17.1 Å². The molecule has 4 heteroatoms. The highest BCUT2D eigenvalue weighted by Crippen LogP contribution is 2.51. The maximum absolute atomic E-state index is 7.36. The molecular weight excluding hydrogens is 757 g/mol. The quantitative estimate of drug-likeness (QED) is 0.167. The van der Waals surface area contributed by atoms with E-state index >= 15 is 0 Å². The first-order valence-electron chi connectivity index (χ1n) is 23.7. The van der Waals surface area contributed by atoms with Crippen LogP contribution in [-0.4, -0.2) is 12.1 Å². The highest BCUT2D eigenvalue weighted by molar-refractivity contribution is 6.25. The predicted octanol–water partition coefficient (Wildman–Crippen LogP) is 16.4. The molecule has 2 aromatic heterocycles. The zero-order valence-corrected chi connectivity index (χ0v) is 37.7. The van der Waals surface area contributed by atoms with Crippen molar-refractivity contribution in [1.29, 1.82) is 0 Å². The van der Waals surface area contributed by atoms with Gasteiger partial charge in [0.2, 0.25) is 0 Å². The third kappa shape index (κ3) is 6.80. The van der Waals surface area contributed by atoms with Crippen molar-refractivity contribution < 1.29 is 8.83 Å². The summed E-state index contributed by atoms with van der Waals surface area (Å²) in [5.41, 5.74) is 13.2. The first kappa shape index (κ1) is 39.4. The van der Waals surface area contributed by atoms with Crippen molar-refractivity contribution in [2.75, 3.05) is 9.80 Å². The lowest BCUT2D eigenvalue weighted by Gasteiger charge is -2.39. The molecule has 0 aliphatic heterocycles. The molecule has 0 spiro atoms. The van der Waals surface area contributed by atoms with Crippen LogP contribution in [0.2, 0.25) is 0 Å². The van der Waals surface area contributed by atoms with E-state index in [2.05, 4.69) is 167 Å². The first-order valence-corrected chi connectivity index (χ1v) is 23.7. The van der Waals surface area contributed by atoms with Crippen molar-refractivity contribution >= 4 is 66.8 Å². The van der Waals surface area contributed by atoms with Crippen molar-refractivity contribution in [3.63, 3.8) is 0 Å². The third-order valence-electron chi connectivity index (χ3n) is 14.8. The second-order valence-corrected chi connectivity index (χ2v) is 21.0. The molecule has 2 saturated carbocycles. The van der Waals surface area contributed by atoms with Gasteiger partial charge in [-0.3, -0.25) is 0 Å². The van der Waals surface area contributed by atoms with Crippen LogP contribution in [0.25, 0.3) is 49.8 Å². The lowest BCUT2D eigenvalue weighted by atomic mass is 9.82. The Morgan fingerprint density at radius 3 is 1.81 bits per heavy atom. The zero-order chi connectivity index (χ0) is 42.3. The summed E-state index contributed by atoms with van der Waals surface area (Å²) in [6.45, 7) is 13.8. The van der Waals surface area contributed by atoms with Gasteiger partial charge in [-0.25, -0.2) is 0 Å². The summed E-state index contributed by atoms with van der Waals surface area (Å²) >= 11 is 0. The molecule has 1 unspecified atom stereocenters. The van der Waals surface area contributed by atoms with E-state index in [-0.39, 0.29) is 16.7 Å². The van der Waals surface area contributed by atoms with E-state index in [1.807, 2.05) is 0 Å². The van der Waals surface area contributed by atoms with Gasteiger partial charge < -0.3 is 18.6 Å². The molecule has 7 aromatic rings. The summed E-state index contributed by atoms with van der Waals surface area (Å²) in [6.07, 6.45) is 23.1. The summed E-state index contributed by atoms with van der Waals surface area (Å²) in [4.78, 5) is 5.29. The van der Waals surface area contributed by atoms with Crippen molar-refractivity contribution in [2.24, 2.45) is 5.92 Å². The van der Waals surface area contributed by atoms with Gasteiger partial charge in [-0.2, -0.15) is 0 Å². The molecule has 4 nitrogen and oxygen atoms in total. The van der Waals surface area contributed by atoms with Gasteiger partial charge in [-0.15, -0.1) is 0 Å². The van der Waals surface area contributed by atoms with Crippen LogP contribution < -0.4 is 9.80 Å². The van der Waals surface area contributed by atoms with Gasteiger partial charge in [0.25, 0.3) is 0 Å². The zero-order valence-electron chi connectivity index (χ0n) is 37.7. The van der Waals surface area contributed by atoms with Crippen LogP contribution in [0, 0.1) is 5.92 Å². The molecule has 11 rings (SSSR count). The van der Waals surface area contributed by atoms with E-state index in [1.54, 1.807) is 0 Å². The maximum Gasteiger partial charge on any atom is 0.162 e. The van der Waals surface area contributed by atoms with Gasteiger partial charge in [0, 0.05) is 63.2 Å². The van der Waals surface area contributed by atoms with Crippen molar-refractivity contribution in [2.45, 2.75) is 135 Å². The Kier molecular flexibility index (Phi) is 9.59. The molecule has 4 aliphatic rings. The predicted molar refractivity (Wildman–Crippen MR) is 262 cm³/mol. The minimum atomic E-state index is 0.0681. The van der Waals surface area contributed by atoms with E-state index in [1.165, 1.54) is 112 Å². The maximum atomic E-state index is 7.36. The minimum Gasteiger partial charge on any atom is -0.458 e. The standard InChI is InChI=1S/C58H62N2O2/c1-57(2,3)40-23-28-44(29-24-40)59(42-16-9-7-10-17-42)46-27-21-38-34-48-49-36-50-53-47-20-14-13-15-37(47)22-32-51(53)61-56(50)54(55(49)62-52(48)35-39(38)33-46)60(43-18-11-8-12-19-43)45-30-25-41(26-31-45)58(4,5)6/h13-15,20-34,36,39,42-43H,7-12,16-19,35H2,1-6H3. The number of anilines is 3. The van der Waals surface area contributed by atoms with Crippen LogP contribution in [0.5, 0.6) is 0 Å². The van der Waals surface area contributed by atoms with Crippen LogP contribution in [0.3, 0.4) is 0 Å². The number of rotatable bonds is 6. The van der Waals surface area contributed by atoms with Crippen LogP contribution in [0.1, 0.15) is 128 Å². The van der Waals surface area contributed by atoms with Gasteiger partial charge in [0.15, 0.2) is 11.2 Å². The normalized spacial score (nSPS) is 18.9. The van der Waals surface area contributed by atoms with E-state index in [4.69, 9.17) is 8.83 Å². The number of allylic oxidation sites excluding steroid dienone is 4. The second-order valence-electron chi connectivity index (χ2n) is 21.0. The molecule has 0 saturated heterocycles.